The molecule has 0 unspecified atom stereocenters. The van der Waals surface area contributed by atoms with Gasteiger partial charge in [0, 0.05) is 0 Å². The van der Waals surface area contributed by atoms with Crippen LogP contribution in [0.5, 0.6) is 0 Å². The van der Waals surface area contributed by atoms with Crippen LogP contribution in [0, 0.1) is 12.2 Å². The largest absolute Gasteiger partial charge is 0.369 e. The number of hydrogen-bond donors (Lipinski definition) is 2. The monoisotopic (exact) mass is 245 g/mol. The van der Waals surface area contributed by atoms with Crippen LogP contribution in [-0.2, 0) is 14.8 Å². The van der Waals surface area contributed by atoms with Crippen molar-refractivity contribution in [1.29, 1.82) is 0 Å². The number of rotatable bonds is 4. The average molecular weight is 245 g/mol. The first kappa shape index (κ1) is 12.4. The predicted octanol–water partition coefficient (Wildman–Crippen LogP) is 0.235. The van der Waals surface area contributed by atoms with E-state index in [1.165, 1.54) is 12.1 Å². The van der Waals surface area contributed by atoms with E-state index in [1.54, 1.807) is 0 Å². The van der Waals surface area contributed by atoms with Gasteiger partial charge in [0.1, 0.15) is 5.82 Å². The van der Waals surface area contributed by atoms with Crippen molar-refractivity contribution < 1.29 is 17.6 Å². The van der Waals surface area contributed by atoms with Gasteiger partial charge in [0.05, 0.1) is 18.4 Å². The lowest BCUT2D eigenvalue weighted by Gasteiger charge is -2.06. The van der Waals surface area contributed by atoms with Crippen molar-refractivity contribution in [3.8, 4) is 0 Å². The number of nitrogens with two attached hydrogens (primary N) is 1. The van der Waals surface area contributed by atoms with E-state index in [1.807, 2.05) is 4.72 Å². The minimum absolute atomic E-state index is 0.177. The normalized spacial score (nSPS) is 11.1. The molecule has 1 rings (SSSR count). The van der Waals surface area contributed by atoms with Gasteiger partial charge in [-0.2, -0.15) is 0 Å². The Morgan fingerprint density at radius 3 is 2.56 bits per heavy atom. The molecule has 0 saturated carbocycles. The summed E-state index contributed by atoms with van der Waals surface area (Å²) in [6.07, 6.45) is 1.95. The average Bonchev–Trinajstić information content (AvgIpc) is 2.06. The minimum Gasteiger partial charge on any atom is -0.369 e. The summed E-state index contributed by atoms with van der Waals surface area (Å²) in [7, 11) is -3.53. The molecule has 7 heteroatoms. The Kier molecular flexibility index (Phi) is 3.48. The fraction of sp³-hybridized carbons (Fsp3) is 0.111. The van der Waals surface area contributed by atoms with Crippen LogP contribution in [0.15, 0.2) is 18.2 Å². The van der Waals surface area contributed by atoms with Crippen LogP contribution in [0.4, 0.5) is 10.1 Å². The molecule has 0 aliphatic carbocycles. The Morgan fingerprint density at radius 2 is 2.12 bits per heavy atom. The van der Waals surface area contributed by atoms with E-state index in [-0.39, 0.29) is 11.3 Å². The summed E-state index contributed by atoms with van der Waals surface area (Å²) in [6, 6.07) is 3.60. The minimum atomic E-state index is -3.53. The van der Waals surface area contributed by atoms with Crippen molar-refractivity contribution >= 4 is 21.6 Å². The number of sulfonamides is 1. The molecule has 0 saturated heterocycles. The molecule has 0 aliphatic heterocycles. The van der Waals surface area contributed by atoms with Crippen molar-refractivity contribution in [1.82, 2.24) is 0 Å². The van der Waals surface area contributed by atoms with E-state index in [9.17, 15) is 17.6 Å². The lowest BCUT2D eigenvalue weighted by molar-refractivity contribution is -0.114. The Labute approximate surface area is 92.5 Å². The molecule has 0 bridgehead atoms. The van der Waals surface area contributed by atoms with Gasteiger partial charge < -0.3 is 5.73 Å². The highest BCUT2D eigenvalue weighted by molar-refractivity contribution is 7.92. The second-order valence-electron chi connectivity index (χ2n) is 3.16. The molecule has 1 aromatic carbocycles. The summed E-state index contributed by atoms with van der Waals surface area (Å²) in [5.41, 5.74) is 4.98. The van der Waals surface area contributed by atoms with Gasteiger partial charge in [-0.3, -0.25) is 9.52 Å². The molecule has 16 heavy (non-hydrogen) atoms. The smallest absolute Gasteiger partial charge is 0.229 e. The second kappa shape index (κ2) is 4.48. The molecule has 87 valence electrons. The molecule has 0 aliphatic rings. The van der Waals surface area contributed by atoms with Crippen molar-refractivity contribution in [2.75, 3.05) is 11.0 Å². The van der Waals surface area contributed by atoms with E-state index in [4.69, 9.17) is 5.73 Å². The summed E-state index contributed by atoms with van der Waals surface area (Å²) in [5.74, 6) is -1.48. The molecule has 0 heterocycles. The van der Waals surface area contributed by atoms with Gasteiger partial charge >= 0.3 is 0 Å². The Hall–Kier alpha value is -1.63. The lowest BCUT2D eigenvalue weighted by atomic mass is 10.1. The molecule has 1 radical (unpaired) electrons. The first-order chi connectivity index (χ1) is 7.28. The van der Waals surface area contributed by atoms with Crippen LogP contribution in [-0.4, -0.2) is 20.6 Å². The number of halogens is 1. The number of hydrogen-bond acceptors (Lipinski definition) is 3. The first-order valence-corrected chi connectivity index (χ1v) is 6.08. The fourth-order valence-corrected chi connectivity index (χ4v) is 1.63. The Balaban J connectivity index is 2.96. The topological polar surface area (TPSA) is 89.3 Å². The maximum Gasteiger partial charge on any atom is 0.229 e. The summed E-state index contributed by atoms with van der Waals surface area (Å²) >= 11 is 0. The maximum atomic E-state index is 13.3. The van der Waals surface area contributed by atoms with E-state index in [2.05, 4.69) is 0 Å². The third-order valence-corrected chi connectivity index (χ3v) is 2.19. The molecule has 0 aromatic heterocycles. The van der Waals surface area contributed by atoms with Crippen LogP contribution in [0.25, 0.3) is 0 Å². The van der Waals surface area contributed by atoms with Gasteiger partial charge in [-0.05, 0) is 17.7 Å². The lowest BCUT2D eigenvalue weighted by Crippen LogP contribution is -2.13. The molecule has 0 fully saturated rings. The van der Waals surface area contributed by atoms with E-state index >= 15 is 0 Å². The molecule has 3 N–H and O–H groups in total. The van der Waals surface area contributed by atoms with Gasteiger partial charge in [0.2, 0.25) is 15.9 Å². The van der Waals surface area contributed by atoms with Crippen LogP contribution in [0.2, 0.25) is 0 Å². The highest BCUT2D eigenvalue weighted by Gasteiger charge is 2.09. The van der Waals surface area contributed by atoms with Gasteiger partial charge in [-0.15, -0.1) is 0 Å². The highest BCUT2D eigenvalue weighted by atomic mass is 32.2. The van der Waals surface area contributed by atoms with Gasteiger partial charge in [-0.25, -0.2) is 12.8 Å². The molecule has 5 nitrogen and oxygen atoms in total. The van der Waals surface area contributed by atoms with E-state index in [0.29, 0.717) is 0 Å². The second-order valence-corrected chi connectivity index (χ2v) is 4.91. The third-order valence-electron chi connectivity index (χ3n) is 1.60. The van der Waals surface area contributed by atoms with Gasteiger partial charge in [0.15, 0.2) is 0 Å². The number of nitrogens with one attached hydrogen (secondary N) is 1. The van der Waals surface area contributed by atoms with Crippen LogP contribution in [0.1, 0.15) is 5.56 Å². The highest BCUT2D eigenvalue weighted by Crippen LogP contribution is 2.17. The molecule has 1 amide bonds. The third kappa shape index (κ3) is 3.85. The molecule has 0 spiro atoms. The van der Waals surface area contributed by atoms with Crippen LogP contribution in [0.3, 0.4) is 0 Å². The van der Waals surface area contributed by atoms with Crippen LogP contribution >= 0.6 is 0 Å². The first-order valence-electron chi connectivity index (χ1n) is 4.19. The zero-order valence-corrected chi connectivity index (χ0v) is 9.21. The molecular weight excluding hydrogens is 235 g/mol. The van der Waals surface area contributed by atoms with Crippen molar-refractivity contribution in [3.63, 3.8) is 0 Å². The van der Waals surface area contributed by atoms with Gasteiger partial charge in [-0.1, -0.05) is 6.07 Å². The predicted molar refractivity (Wildman–Crippen MR) is 57.5 cm³/mol. The van der Waals surface area contributed by atoms with Crippen molar-refractivity contribution in [2.24, 2.45) is 5.73 Å². The number of carbonyl (C=O) groups excluding carboxylic acids is 1. The summed E-state index contributed by atoms with van der Waals surface area (Å²) in [6.45, 7) is 0. The Bertz CT molecular complexity index is 513. The van der Waals surface area contributed by atoms with Crippen molar-refractivity contribution in [2.45, 2.75) is 0 Å². The number of primary amides is 1. The summed E-state index contributed by atoms with van der Waals surface area (Å²) in [4.78, 5) is 10.5. The zero-order chi connectivity index (χ0) is 12.3. The van der Waals surface area contributed by atoms with Gasteiger partial charge in [0.25, 0.3) is 0 Å². The van der Waals surface area contributed by atoms with E-state index < -0.39 is 21.7 Å². The van der Waals surface area contributed by atoms with Crippen molar-refractivity contribution in [3.05, 3.63) is 36.0 Å². The van der Waals surface area contributed by atoms with Crippen LogP contribution < -0.4 is 10.5 Å². The summed E-state index contributed by atoms with van der Waals surface area (Å²) < 4.78 is 37.0. The Morgan fingerprint density at radius 1 is 1.50 bits per heavy atom. The number of anilines is 1. The summed E-state index contributed by atoms with van der Waals surface area (Å²) in [5, 5.41) is 0. The number of amides is 1. The fourth-order valence-electron chi connectivity index (χ4n) is 1.07. The SMILES string of the molecule is CS(=O)(=O)Nc1ccc([CH]C(N)=O)cc1F. The zero-order valence-electron chi connectivity index (χ0n) is 8.40. The number of benzene rings is 1. The maximum absolute atomic E-state index is 13.3. The molecule has 0 atom stereocenters. The molecule has 1 aromatic rings. The number of carbonyl (C=O) groups is 1. The molecular formula is C9H10FN2O3S. The van der Waals surface area contributed by atoms with E-state index in [0.717, 1.165) is 18.7 Å². The quantitative estimate of drug-likeness (QED) is 0.796. The standard InChI is InChI=1S/C9H10FN2O3S/c1-16(14,15)12-8-3-2-6(4-7(8)10)5-9(11)13/h2-5,12H,1H3,(H2,11,13).